The van der Waals surface area contributed by atoms with E-state index in [0.29, 0.717) is 24.9 Å². The lowest BCUT2D eigenvalue weighted by Gasteiger charge is -2.11. The van der Waals surface area contributed by atoms with Gasteiger partial charge in [0.1, 0.15) is 18.1 Å². The SMILES string of the molecule is CCOc1ccc(NC(=O)CSc2nnc(COc3ccc(C)cc3C)n2CC)cc1. The highest BCUT2D eigenvalue weighted by molar-refractivity contribution is 7.99. The molecule has 2 aromatic carbocycles. The third-order valence-electron chi connectivity index (χ3n) is 4.58. The topological polar surface area (TPSA) is 78.3 Å². The summed E-state index contributed by atoms with van der Waals surface area (Å²) in [5.74, 6) is 2.48. The zero-order valence-corrected chi connectivity index (χ0v) is 19.2. The summed E-state index contributed by atoms with van der Waals surface area (Å²) in [6, 6.07) is 13.4. The molecular weight excluding hydrogens is 412 g/mol. The maximum absolute atomic E-state index is 12.3. The van der Waals surface area contributed by atoms with Crippen LogP contribution in [0.1, 0.15) is 30.8 Å². The lowest BCUT2D eigenvalue weighted by Crippen LogP contribution is -2.15. The van der Waals surface area contributed by atoms with Gasteiger partial charge in [0.2, 0.25) is 5.91 Å². The molecule has 0 aliphatic rings. The predicted molar refractivity (Wildman–Crippen MR) is 123 cm³/mol. The number of aromatic nitrogens is 3. The maximum atomic E-state index is 12.3. The van der Waals surface area contributed by atoms with Crippen molar-refractivity contribution < 1.29 is 14.3 Å². The van der Waals surface area contributed by atoms with Gasteiger partial charge in [-0.3, -0.25) is 4.79 Å². The summed E-state index contributed by atoms with van der Waals surface area (Å²) in [5.41, 5.74) is 3.01. The van der Waals surface area contributed by atoms with Gasteiger partial charge in [-0.05, 0) is 63.6 Å². The fourth-order valence-electron chi connectivity index (χ4n) is 3.08. The van der Waals surface area contributed by atoms with E-state index < -0.39 is 0 Å². The number of carbonyl (C=O) groups excluding carboxylic acids is 1. The minimum Gasteiger partial charge on any atom is -0.494 e. The van der Waals surface area contributed by atoms with E-state index in [1.54, 1.807) is 0 Å². The molecule has 164 valence electrons. The fraction of sp³-hybridized carbons (Fsp3) is 0.348. The van der Waals surface area contributed by atoms with Gasteiger partial charge in [0.25, 0.3) is 0 Å². The molecule has 1 amide bonds. The summed E-state index contributed by atoms with van der Waals surface area (Å²) in [6.07, 6.45) is 0. The van der Waals surface area contributed by atoms with Crippen LogP contribution in [0.4, 0.5) is 5.69 Å². The molecule has 3 rings (SSSR count). The molecular formula is C23H28N4O3S. The molecule has 1 aromatic heterocycles. The van der Waals surface area contributed by atoms with Crippen LogP contribution in [0.15, 0.2) is 47.6 Å². The molecule has 31 heavy (non-hydrogen) atoms. The maximum Gasteiger partial charge on any atom is 0.234 e. The van der Waals surface area contributed by atoms with Gasteiger partial charge in [-0.1, -0.05) is 29.5 Å². The second-order valence-electron chi connectivity index (χ2n) is 6.99. The minimum atomic E-state index is -0.104. The van der Waals surface area contributed by atoms with Crippen LogP contribution in [0.25, 0.3) is 0 Å². The summed E-state index contributed by atoms with van der Waals surface area (Å²) in [4.78, 5) is 12.3. The molecule has 3 aromatic rings. The van der Waals surface area contributed by atoms with Crippen LogP contribution in [-0.4, -0.2) is 33.0 Å². The first-order valence-electron chi connectivity index (χ1n) is 10.3. The molecule has 0 unspecified atom stereocenters. The Morgan fingerprint density at radius 2 is 1.84 bits per heavy atom. The molecule has 7 nitrogen and oxygen atoms in total. The number of amides is 1. The summed E-state index contributed by atoms with van der Waals surface area (Å²) in [7, 11) is 0. The van der Waals surface area contributed by atoms with E-state index in [0.717, 1.165) is 28.6 Å². The van der Waals surface area contributed by atoms with E-state index >= 15 is 0 Å². The van der Waals surface area contributed by atoms with E-state index in [4.69, 9.17) is 9.47 Å². The quantitative estimate of drug-likeness (QED) is 0.464. The molecule has 0 atom stereocenters. The van der Waals surface area contributed by atoms with Crippen molar-refractivity contribution in [1.29, 1.82) is 0 Å². The van der Waals surface area contributed by atoms with Crippen molar-refractivity contribution in [3.8, 4) is 11.5 Å². The number of hydrogen-bond donors (Lipinski definition) is 1. The highest BCUT2D eigenvalue weighted by Gasteiger charge is 2.14. The molecule has 0 aliphatic carbocycles. The fourth-order valence-corrected chi connectivity index (χ4v) is 3.90. The molecule has 1 heterocycles. The molecule has 0 saturated heterocycles. The van der Waals surface area contributed by atoms with E-state index in [1.165, 1.54) is 17.3 Å². The van der Waals surface area contributed by atoms with Crippen molar-refractivity contribution in [2.24, 2.45) is 0 Å². The van der Waals surface area contributed by atoms with Crippen molar-refractivity contribution in [2.45, 2.75) is 46.0 Å². The third-order valence-corrected chi connectivity index (χ3v) is 5.55. The summed E-state index contributed by atoms with van der Waals surface area (Å²) >= 11 is 1.35. The first-order valence-corrected chi connectivity index (χ1v) is 11.3. The number of benzene rings is 2. The average molecular weight is 441 g/mol. The third kappa shape index (κ3) is 6.24. The van der Waals surface area contributed by atoms with E-state index in [9.17, 15) is 4.79 Å². The van der Waals surface area contributed by atoms with E-state index in [1.807, 2.05) is 61.7 Å². The first-order chi connectivity index (χ1) is 15.0. The van der Waals surface area contributed by atoms with Crippen LogP contribution in [0, 0.1) is 13.8 Å². The van der Waals surface area contributed by atoms with Crippen molar-refractivity contribution in [1.82, 2.24) is 14.8 Å². The van der Waals surface area contributed by atoms with Crippen LogP contribution in [0.2, 0.25) is 0 Å². The van der Waals surface area contributed by atoms with Gasteiger partial charge in [-0.15, -0.1) is 10.2 Å². The highest BCUT2D eigenvalue weighted by atomic mass is 32.2. The number of nitrogens with zero attached hydrogens (tertiary/aromatic N) is 3. The number of hydrogen-bond acceptors (Lipinski definition) is 6. The number of ether oxygens (including phenoxy) is 2. The summed E-state index contributed by atoms with van der Waals surface area (Å²) in [5, 5.41) is 12.1. The summed E-state index contributed by atoms with van der Waals surface area (Å²) in [6.45, 7) is 9.66. The number of nitrogens with one attached hydrogen (secondary N) is 1. The van der Waals surface area contributed by atoms with E-state index in [-0.39, 0.29) is 11.7 Å². The number of aryl methyl sites for hydroxylation is 2. The van der Waals surface area contributed by atoms with Gasteiger partial charge in [0.05, 0.1) is 12.4 Å². The van der Waals surface area contributed by atoms with Crippen LogP contribution in [0.5, 0.6) is 11.5 Å². The van der Waals surface area contributed by atoms with Crippen LogP contribution in [0.3, 0.4) is 0 Å². The Hall–Kier alpha value is -3.00. The van der Waals surface area contributed by atoms with Gasteiger partial charge in [-0.25, -0.2) is 0 Å². The van der Waals surface area contributed by atoms with Gasteiger partial charge >= 0.3 is 0 Å². The largest absolute Gasteiger partial charge is 0.494 e. The zero-order valence-electron chi connectivity index (χ0n) is 18.3. The normalized spacial score (nSPS) is 10.7. The van der Waals surface area contributed by atoms with Crippen LogP contribution >= 0.6 is 11.8 Å². The molecule has 0 aliphatic heterocycles. The second kappa shape index (κ2) is 10.9. The Balaban J connectivity index is 1.55. The first kappa shape index (κ1) is 22.7. The Bertz CT molecular complexity index is 1020. The Labute approximate surface area is 187 Å². The Kier molecular flexibility index (Phi) is 7.94. The van der Waals surface area contributed by atoms with Crippen LogP contribution < -0.4 is 14.8 Å². The lowest BCUT2D eigenvalue weighted by molar-refractivity contribution is -0.113. The second-order valence-corrected chi connectivity index (χ2v) is 7.94. The molecule has 0 radical (unpaired) electrons. The molecule has 0 spiro atoms. The van der Waals surface area contributed by atoms with Gasteiger partial charge in [0, 0.05) is 12.2 Å². The monoisotopic (exact) mass is 440 g/mol. The minimum absolute atomic E-state index is 0.104. The van der Waals surface area contributed by atoms with Crippen LogP contribution in [-0.2, 0) is 17.9 Å². The number of carbonyl (C=O) groups is 1. The van der Waals surface area contributed by atoms with Gasteiger partial charge < -0.3 is 19.4 Å². The Morgan fingerprint density at radius 1 is 1.06 bits per heavy atom. The van der Waals surface area contributed by atoms with Crippen molar-refractivity contribution in [3.63, 3.8) is 0 Å². The van der Waals surface area contributed by atoms with Crippen molar-refractivity contribution >= 4 is 23.4 Å². The number of anilines is 1. The standard InChI is InChI=1S/C23H28N4O3S/c1-5-27-21(14-30-20-12-7-16(3)13-17(20)4)25-26-23(27)31-15-22(28)24-18-8-10-19(11-9-18)29-6-2/h7-13H,5-6,14-15H2,1-4H3,(H,24,28). The number of thioether (sulfide) groups is 1. The molecule has 8 heteroatoms. The molecule has 0 saturated carbocycles. The Morgan fingerprint density at radius 3 is 2.52 bits per heavy atom. The molecule has 1 N–H and O–H groups in total. The van der Waals surface area contributed by atoms with Crippen molar-refractivity contribution in [3.05, 3.63) is 59.4 Å². The number of rotatable bonds is 10. The smallest absolute Gasteiger partial charge is 0.234 e. The van der Waals surface area contributed by atoms with E-state index in [2.05, 4.69) is 28.5 Å². The molecule has 0 bridgehead atoms. The average Bonchev–Trinajstić information content (AvgIpc) is 3.15. The highest BCUT2D eigenvalue weighted by Crippen LogP contribution is 2.22. The van der Waals surface area contributed by atoms with Gasteiger partial charge in [-0.2, -0.15) is 0 Å². The molecule has 0 fully saturated rings. The predicted octanol–water partition coefficient (Wildman–Crippen LogP) is 4.62. The summed E-state index contributed by atoms with van der Waals surface area (Å²) < 4.78 is 13.3. The van der Waals surface area contributed by atoms with Gasteiger partial charge in [0.15, 0.2) is 11.0 Å². The van der Waals surface area contributed by atoms with Crippen molar-refractivity contribution in [2.75, 3.05) is 17.7 Å². The lowest BCUT2D eigenvalue weighted by atomic mass is 10.1. The zero-order chi connectivity index (χ0) is 22.2.